The molecule has 0 bridgehead atoms. The summed E-state index contributed by atoms with van der Waals surface area (Å²) in [5.74, 6) is 6.50. The van der Waals surface area contributed by atoms with E-state index in [9.17, 15) is 0 Å². The number of nitrogens with two attached hydrogens (primary N) is 1. The molecule has 0 saturated carbocycles. The van der Waals surface area contributed by atoms with E-state index in [0.717, 1.165) is 16.9 Å². The molecular weight excluding hydrogens is 216 g/mol. The smallest absolute Gasteiger partial charge is 0.135 e. The van der Waals surface area contributed by atoms with Crippen molar-refractivity contribution in [1.29, 1.82) is 0 Å². The largest absolute Gasteiger partial charge is 0.487 e. The van der Waals surface area contributed by atoms with Crippen LogP contribution in [0.25, 0.3) is 0 Å². The average molecular weight is 228 g/mol. The summed E-state index contributed by atoms with van der Waals surface area (Å²) in [5.41, 5.74) is 7.05. The van der Waals surface area contributed by atoms with E-state index in [1.807, 2.05) is 24.3 Å². The van der Waals surface area contributed by atoms with Crippen molar-refractivity contribution in [2.75, 3.05) is 6.54 Å². The third kappa shape index (κ3) is 3.10. The Labute approximate surface area is 99.4 Å². The van der Waals surface area contributed by atoms with Crippen molar-refractivity contribution in [2.24, 2.45) is 5.73 Å². The van der Waals surface area contributed by atoms with E-state index >= 15 is 0 Å². The first-order valence-electron chi connectivity index (χ1n) is 5.19. The lowest BCUT2D eigenvalue weighted by Crippen LogP contribution is -1.97. The third-order valence-electron chi connectivity index (χ3n) is 2.09. The highest BCUT2D eigenvalue weighted by molar-refractivity contribution is 5.46. The SMILES string of the molecule is NCC#Cc1ccccc1OCc1cnoc1. The third-order valence-corrected chi connectivity index (χ3v) is 2.09. The molecule has 1 aromatic heterocycles. The highest BCUT2D eigenvalue weighted by Gasteiger charge is 2.01. The molecule has 2 N–H and O–H groups in total. The van der Waals surface area contributed by atoms with Crippen molar-refractivity contribution in [1.82, 2.24) is 5.16 Å². The summed E-state index contributed by atoms with van der Waals surface area (Å²) in [6, 6.07) is 7.57. The van der Waals surface area contributed by atoms with E-state index in [-0.39, 0.29) is 0 Å². The fraction of sp³-hybridized carbons (Fsp3) is 0.154. The molecule has 2 aromatic rings. The van der Waals surface area contributed by atoms with Gasteiger partial charge in [-0.3, -0.25) is 0 Å². The molecule has 0 spiro atoms. The molecule has 0 saturated heterocycles. The fourth-order valence-electron chi connectivity index (χ4n) is 1.30. The van der Waals surface area contributed by atoms with Gasteiger partial charge in [0.1, 0.15) is 18.6 Å². The van der Waals surface area contributed by atoms with Gasteiger partial charge in [-0.05, 0) is 12.1 Å². The summed E-state index contributed by atoms with van der Waals surface area (Å²) in [4.78, 5) is 0. The van der Waals surface area contributed by atoms with Crippen LogP contribution in [-0.4, -0.2) is 11.7 Å². The molecule has 0 unspecified atom stereocenters. The van der Waals surface area contributed by atoms with E-state index in [2.05, 4.69) is 17.0 Å². The molecule has 0 amide bonds. The molecule has 2 rings (SSSR count). The second kappa shape index (κ2) is 5.73. The minimum absolute atomic E-state index is 0.333. The Kier molecular flexibility index (Phi) is 3.79. The van der Waals surface area contributed by atoms with Crippen molar-refractivity contribution < 1.29 is 9.26 Å². The highest BCUT2D eigenvalue weighted by atomic mass is 16.5. The van der Waals surface area contributed by atoms with Crippen molar-refractivity contribution in [3.05, 3.63) is 47.9 Å². The molecule has 4 nitrogen and oxygen atoms in total. The molecular formula is C13H12N2O2. The number of ether oxygens (including phenoxy) is 1. The number of benzene rings is 1. The quantitative estimate of drug-likeness (QED) is 0.810. The lowest BCUT2D eigenvalue weighted by molar-refractivity contribution is 0.303. The lowest BCUT2D eigenvalue weighted by Gasteiger charge is -2.06. The van der Waals surface area contributed by atoms with Crippen molar-refractivity contribution in [3.63, 3.8) is 0 Å². The van der Waals surface area contributed by atoms with Crippen molar-refractivity contribution in [2.45, 2.75) is 6.61 Å². The fourth-order valence-corrected chi connectivity index (χ4v) is 1.30. The Morgan fingerprint density at radius 1 is 1.35 bits per heavy atom. The minimum atomic E-state index is 0.333. The monoisotopic (exact) mass is 228 g/mol. The van der Waals surface area contributed by atoms with Crippen LogP contribution in [0.15, 0.2) is 41.2 Å². The highest BCUT2D eigenvalue weighted by Crippen LogP contribution is 2.18. The predicted molar refractivity (Wildman–Crippen MR) is 63.2 cm³/mol. The number of aromatic nitrogens is 1. The van der Waals surface area contributed by atoms with Crippen LogP contribution in [0.5, 0.6) is 5.75 Å². The summed E-state index contributed by atoms with van der Waals surface area (Å²) in [6.45, 7) is 0.741. The van der Waals surface area contributed by atoms with Gasteiger partial charge in [0.25, 0.3) is 0 Å². The molecule has 1 heterocycles. The zero-order valence-corrected chi connectivity index (χ0v) is 9.22. The molecule has 0 aliphatic carbocycles. The first-order valence-corrected chi connectivity index (χ1v) is 5.19. The second-order valence-corrected chi connectivity index (χ2v) is 3.32. The Balaban J connectivity index is 2.09. The number of para-hydroxylation sites is 1. The number of rotatable bonds is 3. The van der Waals surface area contributed by atoms with Crippen LogP contribution in [0.3, 0.4) is 0 Å². The molecule has 0 fully saturated rings. The van der Waals surface area contributed by atoms with Gasteiger partial charge in [-0.1, -0.05) is 29.1 Å². The molecule has 86 valence electrons. The van der Waals surface area contributed by atoms with Crippen LogP contribution >= 0.6 is 0 Å². The molecule has 4 heteroatoms. The van der Waals surface area contributed by atoms with Gasteiger partial charge in [-0.15, -0.1) is 0 Å². The van der Waals surface area contributed by atoms with Gasteiger partial charge in [-0.25, -0.2) is 0 Å². The normalized spacial score (nSPS) is 9.47. The van der Waals surface area contributed by atoms with Crippen molar-refractivity contribution in [3.8, 4) is 17.6 Å². The van der Waals surface area contributed by atoms with Crippen molar-refractivity contribution >= 4 is 0 Å². The van der Waals surface area contributed by atoms with Crippen LogP contribution in [0, 0.1) is 11.8 Å². The molecule has 0 aliphatic rings. The van der Waals surface area contributed by atoms with Crippen LogP contribution in [0.4, 0.5) is 0 Å². The van der Waals surface area contributed by atoms with Crippen LogP contribution in [0.2, 0.25) is 0 Å². The maximum Gasteiger partial charge on any atom is 0.135 e. The summed E-state index contributed by atoms with van der Waals surface area (Å²) in [5, 5.41) is 3.61. The van der Waals surface area contributed by atoms with Crippen LogP contribution in [-0.2, 0) is 6.61 Å². The Hall–Kier alpha value is -2.25. The van der Waals surface area contributed by atoms with E-state index in [4.69, 9.17) is 15.0 Å². The molecule has 1 aromatic carbocycles. The molecule has 0 atom stereocenters. The zero-order valence-electron chi connectivity index (χ0n) is 9.22. The van der Waals surface area contributed by atoms with Gasteiger partial charge in [0.05, 0.1) is 18.3 Å². The summed E-state index contributed by atoms with van der Waals surface area (Å²) in [7, 11) is 0. The van der Waals surface area contributed by atoms with E-state index in [1.54, 1.807) is 12.5 Å². The summed E-state index contributed by atoms with van der Waals surface area (Å²) in [6.07, 6.45) is 3.17. The number of hydrogen-bond donors (Lipinski definition) is 1. The Morgan fingerprint density at radius 3 is 3.00 bits per heavy atom. The first kappa shape index (κ1) is 11.2. The second-order valence-electron chi connectivity index (χ2n) is 3.32. The van der Waals surface area contributed by atoms with Gasteiger partial charge in [-0.2, -0.15) is 0 Å². The van der Waals surface area contributed by atoms with E-state index < -0.39 is 0 Å². The molecule has 0 radical (unpaired) electrons. The minimum Gasteiger partial charge on any atom is -0.487 e. The number of nitrogens with zero attached hydrogens (tertiary/aromatic N) is 1. The van der Waals surface area contributed by atoms with Gasteiger partial charge >= 0.3 is 0 Å². The van der Waals surface area contributed by atoms with Crippen LogP contribution < -0.4 is 10.5 Å². The van der Waals surface area contributed by atoms with Gasteiger partial charge in [0.15, 0.2) is 0 Å². The lowest BCUT2D eigenvalue weighted by atomic mass is 10.2. The standard InChI is InChI=1S/C13H12N2O2/c14-7-3-5-12-4-1-2-6-13(12)16-9-11-8-15-17-10-11/h1-2,4,6,8,10H,7,9,14H2. The predicted octanol–water partition coefficient (Wildman–Crippen LogP) is 1.56. The average Bonchev–Trinajstić information content (AvgIpc) is 2.88. The number of hydrogen-bond acceptors (Lipinski definition) is 4. The van der Waals surface area contributed by atoms with Gasteiger partial charge in [0.2, 0.25) is 0 Å². The van der Waals surface area contributed by atoms with Crippen LogP contribution in [0.1, 0.15) is 11.1 Å². The summed E-state index contributed by atoms with van der Waals surface area (Å²) >= 11 is 0. The Bertz CT molecular complexity index is 524. The van der Waals surface area contributed by atoms with Gasteiger partial charge < -0.3 is 15.0 Å². The maximum atomic E-state index is 5.64. The summed E-state index contributed by atoms with van der Waals surface area (Å²) < 4.78 is 10.4. The van der Waals surface area contributed by atoms with Gasteiger partial charge in [0, 0.05) is 5.56 Å². The van der Waals surface area contributed by atoms with E-state index in [0.29, 0.717) is 13.2 Å². The topological polar surface area (TPSA) is 61.3 Å². The Morgan fingerprint density at radius 2 is 2.24 bits per heavy atom. The zero-order chi connectivity index (χ0) is 11.9. The molecule has 0 aliphatic heterocycles. The first-order chi connectivity index (χ1) is 8.40. The molecule has 17 heavy (non-hydrogen) atoms. The maximum absolute atomic E-state index is 5.64. The van der Waals surface area contributed by atoms with E-state index in [1.165, 1.54) is 0 Å².